The van der Waals surface area contributed by atoms with Crippen LogP contribution in [0.4, 0.5) is 5.69 Å². The van der Waals surface area contributed by atoms with Crippen LogP contribution in [0.25, 0.3) is 5.76 Å². The first-order valence-electron chi connectivity index (χ1n) is 9.42. The molecule has 1 unspecified atom stereocenters. The Balaban J connectivity index is 1.94. The first kappa shape index (κ1) is 19.9. The van der Waals surface area contributed by atoms with Crippen LogP contribution in [0.3, 0.4) is 0 Å². The molecule has 5 nitrogen and oxygen atoms in total. The first-order chi connectivity index (χ1) is 14.4. The number of aromatic nitrogens is 1. The maximum atomic E-state index is 13.1. The van der Waals surface area contributed by atoms with Crippen molar-refractivity contribution in [2.45, 2.75) is 19.9 Å². The van der Waals surface area contributed by atoms with E-state index < -0.39 is 17.7 Å². The van der Waals surface area contributed by atoms with Gasteiger partial charge >= 0.3 is 0 Å². The topological polar surface area (TPSA) is 70.5 Å². The van der Waals surface area contributed by atoms with E-state index in [1.807, 2.05) is 26.0 Å². The molecule has 0 saturated carbocycles. The fourth-order valence-electron chi connectivity index (χ4n) is 3.56. The number of benzene rings is 2. The predicted octanol–water partition coefficient (Wildman–Crippen LogP) is 4.98. The molecule has 2 heterocycles. The van der Waals surface area contributed by atoms with Gasteiger partial charge in [0.15, 0.2) is 0 Å². The zero-order chi connectivity index (χ0) is 21.4. The van der Waals surface area contributed by atoms with E-state index in [4.69, 9.17) is 11.6 Å². The Hall–Kier alpha value is -3.44. The molecule has 1 fully saturated rings. The highest BCUT2D eigenvalue weighted by Gasteiger charge is 2.47. The van der Waals surface area contributed by atoms with Gasteiger partial charge in [0.25, 0.3) is 11.7 Å². The van der Waals surface area contributed by atoms with E-state index in [0.717, 1.165) is 11.1 Å². The van der Waals surface area contributed by atoms with E-state index in [-0.39, 0.29) is 11.3 Å². The lowest BCUT2D eigenvalue weighted by Gasteiger charge is -2.25. The van der Waals surface area contributed by atoms with Crippen LogP contribution in [-0.4, -0.2) is 21.8 Å². The third-order valence-electron chi connectivity index (χ3n) is 5.22. The number of amides is 1. The Morgan fingerprint density at radius 2 is 1.67 bits per heavy atom. The van der Waals surface area contributed by atoms with E-state index in [9.17, 15) is 14.7 Å². The van der Waals surface area contributed by atoms with Crippen LogP contribution in [-0.2, 0) is 9.59 Å². The number of aliphatic hydroxyl groups is 1. The smallest absolute Gasteiger partial charge is 0.300 e. The summed E-state index contributed by atoms with van der Waals surface area (Å²) in [5, 5.41) is 11.5. The van der Waals surface area contributed by atoms with E-state index in [0.29, 0.717) is 21.8 Å². The monoisotopic (exact) mass is 418 g/mol. The van der Waals surface area contributed by atoms with Gasteiger partial charge in [0.05, 0.1) is 11.6 Å². The number of hydrogen-bond acceptors (Lipinski definition) is 4. The second-order valence-corrected chi connectivity index (χ2v) is 7.66. The molecule has 1 aliphatic rings. The molecular formula is C24H19ClN2O3. The minimum absolute atomic E-state index is 0.0340. The Bertz CT molecular complexity index is 1170. The van der Waals surface area contributed by atoms with Crippen molar-refractivity contribution in [3.8, 4) is 0 Å². The second kappa shape index (κ2) is 7.76. The quantitative estimate of drug-likeness (QED) is 0.370. The van der Waals surface area contributed by atoms with Crippen molar-refractivity contribution in [3.63, 3.8) is 0 Å². The molecule has 1 aliphatic heterocycles. The van der Waals surface area contributed by atoms with Crippen molar-refractivity contribution in [2.75, 3.05) is 4.90 Å². The van der Waals surface area contributed by atoms with Gasteiger partial charge in [-0.05, 0) is 49.2 Å². The summed E-state index contributed by atoms with van der Waals surface area (Å²) in [7, 11) is 0. The summed E-state index contributed by atoms with van der Waals surface area (Å²) in [6, 6.07) is 15.0. The van der Waals surface area contributed by atoms with Crippen LogP contribution in [0.2, 0.25) is 5.02 Å². The number of Topliss-reactive ketones (excluding diaryl/α,β-unsaturated/α-hetero) is 1. The standard InChI is InChI=1S/C24H19ClN2O3/c1-14-3-6-17(7-4-14)22(28)20-21(16-9-11-26-12-10-16)27(24(30)23(20)29)18-8-5-15(2)19(25)13-18/h3-13,21,28H,1-2H3/b22-20+. The van der Waals surface area contributed by atoms with Crippen molar-refractivity contribution in [2.24, 2.45) is 0 Å². The number of rotatable bonds is 3. The highest BCUT2D eigenvalue weighted by Crippen LogP contribution is 2.42. The number of pyridine rings is 1. The SMILES string of the molecule is Cc1ccc(/C(O)=C2\C(=O)C(=O)N(c3ccc(C)c(Cl)c3)C2c2ccncc2)cc1. The van der Waals surface area contributed by atoms with E-state index >= 15 is 0 Å². The predicted molar refractivity (Wildman–Crippen MR) is 116 cm³/mol. The van der Waals surface area contributed by atoms with Gasteiger partial charge in [-0.2, -0.15) is 0 Å². The number of ketones is 1. The Labute approximate surface area is 179 Å². The van der Waals surface area contributed by atoms with Crippen LogP contribution < -0.4 is 4.90 Å². The van der Waals surface area contributed by atoms with Crippen LogP contribution in [0, 0.1) is 13.8 Å². The molecule has 4 rings (SSSR count). The summed E-state index contributed by atoms with van der Waals surface area (Å²) >= 11 is 6.29. The molecule has 1 amide bonds. The molecule has 0 spiro atoms. The average molecular weight is 419 g/mol. The van der Waals surface area contributed by atoms with Gasteiger partial charge in [-0.3, -0.25) is 19.5 Å². The van der Waals surface area contributed by atoms with Crippen molar-refractivity contribution < 1.29 is 14.7 Å². The molecule has 2 aromatic carbocycles. The van der Waals surface area contributed by atoms with Gasteiger partial charge in [-0.1, -0.05) is 47.5 Å². The van der Waals surface area contributed by atoms with Gasteiger partial charge in [-0.25, -0.2) is 0 Å². The summed E-state index contributed by atoms with van der Waals surface area (Å²) in [6.45, 7) is 3.79. The third kappa shape index (κ3) is 3.37. The van der Waals surface area contributed by atoms with Crippen molar-refractivity contribution in [1.82, 2.24) is 4.98 Å². The van der Waals surface area contributed by atoms with Gasteiger partial charge < -0.3 is 5.11 Å². The summed E-state index contributed by atoms with van der Waals surface area (Å²) in [5.74, 6) is -1.67. The number of carbonyl (C=O) groups is 2. The minimum atomic E-state index is -0.798. The zero-order valence-electron chi connectivity index (χ0n) is 16.5. The number of aliphatic hydroxyl groups excluding tert-OH is 1. The molecule has 6 heteroatoms. The number of hydrogen-bond donors (Lipinski definition) is 1. The highest BCUT2D eigenvalue weighted by molar-refractivity contribution is 6.51. The minimum Gasteiger partial charge on any atom is -0.507 e. The fourth-order valence-corrected chi connectivity index (χ4v) is 3.73. The normalized spacial score (nSPS) is 18.1. The van der Waals surface area contributed by atoms with Crippen LogP contribution in [0.1, 0.15) is 28.3 Å². The van der Waals surface area contributed by atoms with E-state index in [2.05, 4.69) is 4.98 Å². The van der Waals surface area contributed by atoms with E-state index in [1.54, 1.807) is 54.9 Å². The van der Waals surface area contributed by atoms with E-state index in [1.165, 1.54) is 4.90 Å². The summed E-state index contributed by atoms with van der Waals surface area (Å²) in [6.07, 6.45) is 3.17. The number of halogens is 1. The second-order valence-electron chi connectivity index (χ2n) is 7.25. The molecular weight excluding hydrogens is 400 g/mol. The maximum Gasteiger partial charge on any atom is 0.300 e. The lowest BCUT2D eigenvalue weighted by atomic mass is 9.95. The summed E-state index contributed by atoms with van der Waals surface area (Å²) < 4.78 is 0. The number of nitrogens with zero attached hydrogens (tertiary/aromatic N) is 2. The highest BCUT2D eigenvalue weighted by atomic mass is 35.5. The van der Waals surface area contributed by atoms with Crippen LogP contribution in [0.5, 0.6) is 0 Å². The molecule has 30 heavy (non-hydrogen) atoms. The molecule has 150 valence electrons. The Kier molecular flexibility index (Phi) is 5.14. The van der Waals surface area contributed by atoms with Crippen LogP contribution in [0.15, 0.2) is 72.6 Å². The number of carbonyl (C=O) groups excluding carboxylic acids is 2. The van der Waals surface area contributed by atoms with Gasteiger partial charge in [0.2, 0.25) is 0 Å². The lowest BCUT2D eigenvalue weighted by Crippen LogP contribution is -2.29. The van der Waals surface area contributed by atoms with Crippen LogP contribution >= 0.6 is 11.6 Å². The number of aryl methyl sites for hydroxylation is 2. The molecule has 1 N–H and O–H groups in total. The molecule has 1 atom stereocenters. The van der Waals surface area contributed by atoms with Crippen molar-refractivity contribution in [3.05, 3.63) is 99.8 Å². The van der Waals surface area contributed by atoms with Crippen molar-refractivity contribution >= 4 is 34.7 Å². The maximum absolute atomic E-state index is 13.1. The number of anilines is 1. The average Bonchev–Trinajstić information content (AvgIpc) is 3.01. The molecule has 3 aromatic rings. The van der Waals surface area contributed by atoms with Gasteiger partial charge in [0.1, 0.15) is 5.76 Å². The summed E-state index contributed by atoms with van der Waals surface area (Å²) in [4.78, 5) is 31.5. The largest absolute Gasteiger partial charge is 0.507 e. The fraction of sp³-hybridized carbons (Fsp3) is 0.125. The molecule has 1 aromatic heterocycles. The van der Waals surface area contributed by atoms with Gasteiger partial charge in [-0.15, -0.1) is 0 Å². The molecule has 1 saturated heterocycles. The lowest BCUT2D eigenvalue weighted by molar-refractivity contribution is -0.132. The first-order valence-corrected chi connectivity index (χ1v) is 9.80. The Morgan fingerprint density at radius 1 is 1.00 bits per heavy atom. The van der Waals surface area contributed by atoms with Crippen molar-refractivity contribution in [1.29, 1.82) is 0 Å². The van der Waals surface area contributed by atoms with Gasteiger partial charge in [0, 0.05) is 28.7 Å². The molecule has 0 aliphatic carbocycles. The molecule has 0 bridgehead atoms. The third-order valence-corrected chi connectivity index (χ3v) is 5.63. The molecule has 0 radical (unpaired) electrons. The summed E-state index contributed by atoms with van der Waals surface area (Å²) in [5.41, 5.74) is 3.53. The Morgan fingerprint density at radius 3 is 2.30 bits per heavy atom. The zero-order valence-corrected chi connectivity index (χ0v) is 17.2.